The Kier molecular flexibility index (Phi) is 3.84. The SMILES string of the molecule is CC1=C(C)c2c(c(C(N)=O)cc(F)c2-c2cccc3c2SCCN3)C1. The Morgan fingerprint density at radius 2 is 2.08 bits per heavy atom. The fraction of sp³-hybridized carbons (Fsp3) is 0.250. The highest BCUT2D eigenvalue weighted by molar-refractivity contribution is 7.99. The van der Waals surface area contributed by atoms with Gasteiger partial charge in [0.25, 0.3) is 0 Å². The van der Waals surface area contributed by atoms with Crippen molar-refractivity contribution in [2.24, 2.45) is 5.73 Å². The summed E-state index contributed by atoms with van der Waals surface area (Å²) in [5.41, 5.74) is 12.2. The molecule has 0 atom stereocenters. The van der Waals surface area contributed by atoms with E-state index in [0.717, 1.165) is 50.7 Å². The molecule has 2 aromatic carbocycles. The fourth-order valence-corrected chi connectivity index (χ4v) is 4.78. The van der Waals surface area contributed by atoms with Crippen molar-refractivity contribution in [3.05, 3.63) is 52.3 Å². The van der Waals surface area contributed by atoms with Gasteiger partial charge in [-0.2, -0.15) is 0 Å². The smallest absolute Gasteiger partial charge is 0.249 e. The minimum absolute atomic E-state index is 0.294. The van der Waals surface area contributed by atoms with E-state index in [1.54, 1.807) is 11.8 Å². The van der Waals surface area contributed by atoms with E-state index in [1.165, 1.54) is 6.07 Å². The lowest BCUT2D eigenvalue weighted by Gasteiger charge is -2.23. The quantitative estimate of drug-likeness (QED) is 0.837. The van der Waals surface area contributed by atoms with Gasteiger partial charge in [-0.25, -0.2) is 4.39 Å². The average Bonchev–Trinajstić information content (AvgIpc) is 2.89. The van der Waals surface area contributed by atoms with Crippen LogP contribution in [0, 0.1) is 5.82 Å². The monoisotopic (exact) mass is 354 g/mol. The number of fused-ring (bicyclic) bond motifs is 2. The predicted octanol–water partition coefficient (Wildman–Crippen LogP) is 4.46. The van der Waals surface area contributed by atoms with Gasteiger partial charge in [-0.05, 0) is 49.1 Å². The van der Waals surface area contributed by atoms with Gasteiger partial charge in [0.1, 0.15) is 5.82 Å². The standard InChI is InChI=1S/C20H19FN2OS/c1-10-8-13-14(20(22)24)9-15(21)18(17(13)11(10)2)12-4-3-5-16-19(12)25-7-6-23-16/h3-5,9,23H,6-8H2,1-2H3,(H2,22,24). The maximum atomic E-state index is 15.2. The first-order valence-corrected chi connectivity index (χ1v) is 9.29. The molecule has 1 heterocycles. The van der Waals surface area contributed by atoms with Gasteiger partial charge in [-0.15, -0.1) is 11.8 Å². The molecule has 0 fully saturated rings. The number of hydrogen-bond acceptors (Lipinski definition) is 3. The first kappa shape index (κ1) is 16.2. The number of carbonyl (C=O) groups is 1. The van der Waals surface area contributed by atoms with E-state index in [2.05, 4.69) is 5.32 Å². The third-order valence-corrected chi connectivity index (χ3v) is 6.19. The van der Waals surface area contributed by atoms with Crippen molar-refractivity contribution in [3.63, 3.8) is 0 Å². The Hall–Kier alpha value is -2.27. The molecule has 25 heavy (non-hydrogen) atoms. The first-order chi connectivity index (χ1) is 12.0. The maximum absolute atomic E-state index is 15.2. The Morgan fingerprint density at radius 3 is 2.84 bits per heavy atom. The van der Waals surface area contributed by atoms with E-state index in [-0.39, 0.29) is 5.82 Å². The Labute approximate surface area is 150 Å². The van der Waals surface area contributed by atoms with Gasteiger partial charge in [0.05, 0.1) is 0 Å². The van der Waals surface area contributed by atoms with E-state index in [0.29, 0.717) is 17.5 Å². The second kappa shape index (κ2) is 5.92. The molecule has 3 N–H and O–H groups in total. The van der Waals surface area contributed by atoms with Crippen LogP contribution in [0.5, 0.6) is 0 Å². The van der Waals surface area contributed by atoms with E-state index in [1.807, 2.05) is 32.0 Å². The van der Waals surface area contributed by atoms with Crippen molar-refractivity contribution >= 4 is 28.9 Å². The highest BCUT2D eigenvalue weighted by Crippen LogP contribution is 2.47. The molecule has 1 amide bonds. The number of nitrogens with one attached hydrogen (secondary N) is 1. The lowest BCUT2D eigenvalue weighted by atomic mass is 9.90. The third-order valence-electron chi connectivity index (χ3n) is 5.06. The minimum Gasteiger partial charge on any atom is -0.383 e. The van der Waals surface area contributed by atoms with Gasteiger partial charge in [0.2, 0.25) is 5.91 Å². The molecule has 0 unspecified atom stereocenters. The number of thioether (sulfide) groups is 1. The van der Waals surface area contributed by atoms with Gasteiger partial charge in [0.15, 0.2) is 0 Å². The molecule has 2 aromatic rings. The molecule has 1 aliphatic carbocycles. The van der Waals surface area contributed by atoms with Crippen LogP contribution in [0.2, 0.25) is 0 Å². The molecular formula is C20H19FN2OS. The molecule has 0 radical (unpaired) electrons. The van der Waals surface area contributed by atoms with Gasteiger partial charge < -0.3 is 11.1 Å². The van der Waals surface area contributed by atoms with Gasteiger partial charge in [0, 0.05) is 39.6 Å². The largest absolute Gasteiger partial charge is 0.383 e. The lowest BCUT2D eigenvalue weighted by molar-refractivity contribution is 0.0999. The van der Waals surface area contributed by atoms with E-state index in [9.17, 15) is 4.79 Å². The Balaban J connectivity index is 2.05. The molecule has 3 nitrogen and oxygen atoms in total. The third kappa shape index (κ3) is 2.45. The zero-order valence-corrected chi connectivity index (χ0v) is 15.0. The number of primary amides is 1. The van der Waals surface area contributed by atoms with Crippen LogP contribution in [-0.4, -0.2) is 18.2 Å². The minimum atomic E-state index is -0.574. The molecular weight excluding hydrogens is 335 g/mol. The summed E-state index contributed by atoms with van der Waals surface area (Å²) in [4.78, 5) is 12.9. The number of anilines is 1. The number of carbonyl (C=O) groups excluding carboxylic acids is 1. The normalized spacial score (nSPS) is 15.6. The van der Waals surface area contributed by atoms with Crippen LogP contribution < -0.4 is 11.1 Å². The first-order valence-electron chi connectivity index (χ1n) is 8.31. The molecule has 0 spiro atoms. The summed E-state index contributed by atoms with van der Waals surface area (Å²) in [6.45, 7) is 4.93. The topological polar surface area (TPSA) is 55.1 Å². The van der Waals surface area contributed by atoms with Crippen molar-refractivity contribution in [2.75, 3.05) is 17.6 Å². The van der Waals surface area contributed by atoms with Crippen LogP contribution in [0.25, 0.3) is 16.7 Å². The van der Waals surface area contributed by atoms with Crippen molar-refractivity contribution in [2.45, 2.75) is 25.2 Å². The molecule has 5 heteroatoms. The number of hydrogen-bond donors (Lipinski definition) is 2. The summed E-state index contributed by atoms with van der Waals surface area (Å²) < 4.78 is 15.2. The van der Waals surface area contributed by atoms with E-state index >= 15 is 4.39 Å². The van der Waals surface area contributed by atoms with Gasteiger partial charge in [-0.3, -0.25) is 4.79 Å². The van der Waals surface area contributed by atoms with Crippen LogP contribution >= 0.6 is 11.8 Å². The second-order valence-corrected chi connectivity index (χ2v) is 7.64. The number of halogens is 1. The summed E-state index contributed by atoms with van der Waals surface area (Å²) in [5, 5.41) is 3.38. The molecule has 2 aliphatic rings. The van der Waals surface area contributed by atoms with Gasteiger partial charge in [-0.1, -0.05) is 17.7 Å². The van der Waals surface area contributed by atoms with Crippen LogP contribution in [0.1, 0.15) is 35.3 Å². The van der Waals surface area contributed by atoms with Crippen LogP contribution in [-0.2, 0) is 6.42 Å². The van der Waals surface area contributed by atoms with Crippen LogP contribution in [0.3, 0.4) is 0 Å². The lowest BCUT2D eigenvalue weighted by Crippen LogP contribution is -2.15. The second-order valence-electron chi connectivity index (χ2n) is 6.54. The highest BCUT2D eigenvalue weighted by Gasteiger charge is 2.29. The molecule has 0 saturated carbocycles. The molecule has 4 rings (SSSR count). The van der Waals surface area contributed by atoms with Crippen molar-refractivity contribution < 1.29 is 9.18 Å². The fourth-order valence-electron chi connectivity index (χ4n) is 3.75. The van der Waals surface area contributed by atoms with Crippen LogP contribution in [0.15, 0.2) is 34.7 Å². The molecule has 0 bridgehead atoms. The predicted molar refractivity (Wildman–Crippen MR) is 102 cm³/mol. The zero-order chi connectivity index (χ0) is 17.7. The number of allylic oxidation sites excluding steroid dienone is 2. The number of amides is 1. The van der Waals surface area contributed by atoms with Crippen molar-refractivity contribution in [1.82, 2.24) is 0 Å². The molecule has 1 aliphatic heterocycles. The summed E-state index contributed by atoms with van der Waals surface area (Å²) in [6.07, 6.45) is 0.646. The average molecular weight is 354 g/mol. The maximum Gasteiger partial charge on any atom is 0.249 e. The van der Waals surface area contributed by atoms with E-state index < -0.39 is 5.91 Å². The number of rotatable bonds is 2. The summed E-state index contributed by atoms with van der Waals surface area (Å²) in [6, 6.07) is 7.24. The summed E-state index contributed by atoms with van der Waals surface area (Å²) >= 11 is 1.74. The van der Waals surface area contributed by atoms with Gasteiger partial charge >= 0.3 is 0 Å². The number of benzene rings is 2. The molecule has 0 saturated heterocycles. The van der Waals surface area contributed by atoms with Crippen molar-refractivity contribution in [1.29, 1.82) is 0 Å². The molecule has 0 aromatic heterocycles. The van der Waals surface area contributed by atoms with E-state index in [4.69, 9.17) is 5.73 Å². The summed E-state index contributed by atoms with van der Waals surface area (Å²) in [7, 11) is 0. The van der Waals surface area contributed by atoms with Crippen molar-refractivity contribution in [3.8, 4) is 11.1 Å². The zero-order valence-electron chi connectivity index (χ0n) is 14.2. The van der Waals surface area contributed by atoms with Crippen LogP contribution in [0.4, 0.5) is 10.1 Å². The Morgan fingerprint density at radius 1 is 1.28 bits per heavy atom. The Bertz CT molecular complexity index is 949. The highest BCUT2D eigenvalue weighted by atomic mass is 32.2. The molecule has 128 valence electrons. The number of nitrogens with two attached hydrogens (primary N) is 1. The summed E-state index contributed by atoms with van der Waals surface area (Å²) in [5.74, 6) is -0.0161.